The summed E-state index contributed by atoms with van der Waals surface area (Å²) in [6, 6.07) is 6.26. The molecule has 94 valence electrons. The van der Waals surface area contributed by atoms with Gasteiger partial charge in [0.15, 0.2) is 0 Å². The molecule has 1 aliphatic rings. The van der Waals surface area contributed by atoms with Crippen LogP contribution >= 0.6 is 0 Å². The zero-order chi connectivity index (χ0) is 12.4. The molecule has 3 heteroatoms. The Morgan fingerprint density at radius 2 is 2.18 bits per heavy atom. The van der Waals surface area contributed by atoms with Gasteiger partial charge in [-0.25, -0.2) is 0 Å². The van der Waals surface area contributed by atoms with E-state index in [0.717, 1.165) is 24.3 Å². The van der Waals surface area contributed by atoms with Crippen LogP contribution in [0.2, 0.25) is 0 Å². The number of hydrogen-bond acceptors (Lipinski definition) is 3. The van der Waals surface area contributed by atoms with Crippen molar-refractivity contribution in [2.75, 3.05) is 30.8 Å². The van der Waals surface area contributed by atoms with E-state index in [1.807, 2.05) is 6.07 Å². The molecule has 1 aromatic rings. The van der Waals surface area contributed by atoms with Gasteiger partial charge in [0.2, 0.25) is 0 Å². The highest BCUT2D eigenvalue weighted by atomic mass is 16.5. The number of benzene rings is 1. The quantitative estimate of drug-likeness (QED) is 0.799. The second-order valence-electron chi connectivity index (χ2n) is 5.03. The zero-order valence-electron chi connectivity index (χ0n) is 10.9. The van der Waals surface area contributed by atoms with Crippen LogP contribution in [0.5, 0.6) is 0 Å². The molecule has 1 aromatic carbocycles. The Morgan fingerprint density at radius 1 is 1.41 bits per heavy atom. The second kappa shape index (κ2) is 4.96. The van der Waals surface area contributed by atoms with E-state index in [0.29, 0.717) is 12.0 Å². The van der Waals surface area contributed by atoms with E-state index in [-0.39, 0.29) is 0 Å². The van der Waals surface area contributed by atoms with E-state index in [4.69, 9.17) is 10.5 Å². The molecule has 0 spiro atoms. The highest BCUT2D eigenvalue weighted by molar-refractivity contribution is 5.58. The van der Waals surface area contributed by atoms with Crippen molar-refractivity contribution >= 4 is 11.4 Å². The number of methoxy groups -OCH3 is 1. The molecule has 1 heterocycles. The monoisotopic (exact) mass is 234 g/mol. The van der Waals surface area contributed by atoms with Gasteiger partial charge in [-0.2, -0.15) is 0 Å². The molecule has 3 nitrogen and oxygen atoms in total. The van der Waals surface area contributed by atoms with Gasteiger partial charge in [0.05, 0.1) is 6.10 Å². The van der Waals surface area contributed by atoms with Crippen LogP contribution in [0.4, 0.5) is 11.4 Å². The number of nitrogens with two attached hydrogens (primary N) is 1. The fourth-order valence-electron chi connectivity index (χ4n) is 2.43. The number of aryl methyl sites for hydroxylation is 1. The molecular formula is C14H22N2O. The maximum absolute atomic E-state index is 5.85. The van der Waals surface area contributed by atoms with Crippen LogP contribution < -0.4 is 10.6 Å². The summed E-state index contributed by atoms with van der Waals surface area (Å²) in [7, 11) is 1.80. The van der Waals surface area contributed by atoms with Gasteiger partial charge >= 0.3 is 0 Å². The molecule has 1 fully saturated rings. The highest BCUT2D eigenvalue weighted by Crippen LogP contribution is 2.26. The largest absolute Gasteiger partial charge is 0.399 e. The van der Waals surface area contributed by atoms with Crippen LogP contribution in [0.3, 0.4) is 0 Å². The van der Waals surface area contributed by atoms with Gasteiger partial charge < -0.3 is 15.4 Å². The Morgan fingerprint density at radius 3 is 2.82 bits per heavy atom. The van der Waals surface area contributed by atoms with Crippen LogP contribution in [0, 0.1) is 12.8 Å². The number of nitrogens with zero attached hydrogens (tertiary/aromatic N) is 1. The molecule has 2 atom stereocenters. The number of hydrogen-bond donors (Lipinski definition) is 1. The first kappa shape index (κ1) is 12.2. The Kier molecular flexibility index (Phi) is 3.57. The van der Waals surface area contributed by atoms with Crippen molar-refractivity contribution < 1.29 is 4.74 Å². The summed E-state index contributed by atoms with van der Waals surface area (Å²) in [6.45, 7) is 6.39. The van der Waals surface area contributed by atoms with E-state index in [9.17, 15) is 0 Å². The normalized spacial score (nSPS) is 25.0. The lowest BCUT2D eigenvalue weighted by molar-refractivity contribution is 0.0498. The van der Waals surface area contributed by atoms with Crippen molar-refractivity contribution in [1.29, 1.82) is 0 Å². The standard InChI is InChI=1S/C14H22N2O/c1-10-6-7-16(9-14(10)17-3)12-4-5-13(15)11(2)8-12/h4-5,8,10,14H,6-7,9,15H2,1-3H3. The minimum absolute atomic E-state index is 0.335. The summed E-state index contributed by atoms with van der Waals surface area (Å²) in [5.41, 5.74) is 9.12. The van der Waals surface area contributed by atoms with Crippen molar-refractivity contribution in [3.63, 3.8) is 0 Å². The van der Waals surface area contributed by atoms with Gasteiger partial charge in [-0.15, -0.1) is 0 Å². The smallest absolute Gasteiger partial charge is 0.0772 e. The molecule has 0 aromatic heterocycles. The highest BCUT2D eigenvalue weighted by Gasteiger charge is 2.26. The molecule has 2 unspecified atom stereocenters. The molecule has 0 aliphatic carbocycles. The van der Waals surface area contributed by atoms with Crippen molar-refractivity contribution in [2.24, 2.45) is 5.92 Å². The Bertz CT molecular complexity index is 392. The van der Waals surface area contributed by atoms with Gasteiger partial charge in [-0.05, 0) is 43.0 Å². The van der Waals surface area contributed by atoms with E-state index in [2.05, 4.69) is 30.9 Å². The first-order valence-corrected chi connectivity index (χ1v) is 6.25. The molecule has 0 saturated carbocycles. The number of piperidine rings is 1. The third-order valence-electron chi connectivity index (χ3n) is 3.81. The van der Waals surface area contributed by atoms with E-state index in [1.54, 1.807) is 7.11 Å². The summed E-state index contributed by atoms with van der Waals surface area (Å²) >= 11 is 0. The summed E-state index contributed by atoms with van der Waals surface area (Å²) in [6.07, 6.45) is 1.52. The summed E-state index contributed by atoms with van der Waals surface area (Å²) in [5.74, 6) is 0.645. The predicted octanol–water partition coefficient (Wildman–Crippen LogP) is 2.44. The second-order valence-corrected chi connectivity index (χ2v) is 5.03. The molecule has 0 bridgehead atoms. The molecule has 0 amide bonds. The van der Waals surface area contributed by atoms with Gasteiger partial charge in [0.25, 0.3) is 0 Å². The van der Waals surface area contributed by atoms with Gasteiger partial charge in [-0.3, -0.25) is 0 Å². The first-order chi connectivity index (χ1) is 8.11. The van der Waals surface area contributed by atoms with Crippen LogP contribution in [0.1, 0.15) is 18.9 Å². The van der Waals surface area contributed by atoms with Gasteiger partial charge in [-0.1, -0.05) is 6.92 Å². The maximum Gasteiger partial charge on any atom is 0.0772 e. The Balaban J connectivity index is 2.14. The zero-order valence-corrected chi connectivity index (χ0v) is 10.9. The number of nitrogen functional groups attached to an aromatic ring is 1. The average Bonchev–Trinajstić information content (AvgIpc) is 2.33. The molecule has 1 aliphatic heterocycles. The molecular weight excluding hydrogens is 212 g/mol. The predicted molar refractivity (Wildman–Crippen MR) is 72.4 cm³/mol. The lowest BCUT2D eigenvalue weighted by atomic mass is 9.95. The summed E-state index contributed by atoms with van der Waals surface area (Å²) in [5, 5.41) is 0. The van der Waals surface area contributed by atoms with Crippen LogP contribution in [0.25, 0.3) is 0 Å². The topological polar surface area (TPSA) is 38.5 Å². The third kappa shape index (κ3) is 2.55. The van der Waals surface area contributed by atoms with Crippen molar-refractivity contribution in [1.82, 2.24) is 0 Å². The number of rotatable bonds is 2. The molecule has 17 heavy (non-hydrogen) atoms. The third-order valence-corrected chi connectivity index (χ3v) is 3.81. The van der Waals surface area contributed by atoms with E-state index in [1.165, 1.54) is 12.1 Å². The Hall–Kier alpha value is -1.22. The van der Waals surface area contributed by atoms with Crippen molar-refractivity contribution in [3.8, 4) is 0 Å². The molecule has 2 N–H and O–H groups in total. The van der Waals surface area contributed by atoms with Gasteiger partial charge in [0, 0.05) is 31.6 Å². The molecule has 1 saturated heterocycles. The lowest BCUT2D eigenvalue weighted by Gasteiger charge is -2.37. The average molecular weight is 234 g/mol. The Labute approximate surface area is 104 Å². The molecule has 0 radical (unpaired) electrons. The maximum atomic E-state index is 5.85. The fraction of sp³-hybridized carbons (Fsp3) is 0.571. The number of ether oxygens (including phenoxy) is 1. The first-order valence-electron chi connectivity index (χ1n) is 6.25. The van der Waals surface area contributed by atoms with Crippen LogP contribution in [-0.4, -0.2) is 26.3 Å². The lowest BCUT2D eigenvalue weighted by Crippen LogP contribution is -2.43. The fourth-order valence-corrected chi connectivity index (χ4v) is 2.43. The number of anilines is 2. The van der Waals surface area contributed by atoms with Crippen molar-refractivity contribution in [3.05, 3.63) is 23.8 Å². The summed E-state index contributed by atoms with van der Waals surface area (Å²) < 4.78 is 5.54. The van der Waals surface area contributed by atoms with E-state index >= 15 is 0 Å². The van der Waals surface area contributed by atoms with Gasteiger partial charge in [0.1, 0.15) is 0 Å². The minimum atomic E-state index is 0.335. The van der Waals surface area contributed by atoms with E-state index < -0.39 is 0 Å². The van der Waals surface area contributed by atoms with Crippen molar-refractivity contribution in [2.45, 2.75) is 26.4 Å². The van der Waals surface area contributed by atoms with Crippen LogP contribution in [-0.2, 0) is 4.74 Å². The molecule has 2 rings (SSSR count). The SMILES string of the molecule is COC1CN(c2ccc(N)c(C)c2)CCC1C. The minimum Gasteiger partial charge on any atom is -0.399 e. The summed E-state index contributed by atoms with van der Waals surface area (Å²) in [4.78, 5) is 2.39. The van der Waals surface area contributed by atoms with Crippen LogP contribution in [0.15, 0.2) is 18.2 Å².